The predicted octanol–water partition coefficient (Wildman–Crippen LogP) is 3.76. The fourth-order valence-electron chi connectivity index (χ4n) is 3.74. The zero-order valence-electron chi connectivity index (χ0n) is 17.9. The Morgan fingerprint density at radius 3 is 2.61 bits per heavy atom. The van der Waals surface area contributed by atoms with E-state index in [1.165, 1.54) is 0 Å². The summed E-state index contributed by atoms with van der Waals surface area (Å²) in [4.78, 5) is 35.5. The molecule has 0 radical (unpaired) electrons. The van der Waals surface area contributed by atoms with E-state index >= 15 is 0 Å². The van der Waals surface area contributed by atoms with E-state index < -0.39 is 11.9 Å². The standard InChI is InChI=1S/C22H22F3N7O/c1-14-6-7-16(20-26-8-4-9-27-20)19(31-14)21(33)32-10-3-2-5-15(32)11-29-18-13-28-17(12-30-18)22(23,24)25/h4,6-9,12-13,15H,2-3,5,10-11H2,1H3,(H,29,30). The molecule has 1 unspecified atom stereocenters. The molecule has 0 spiro atoms. The molecule has 0 aromatic carbocycles. The topological polar surface area (TPSA) is 96.8 Å². The number of rotatable bonds is 5. The van der Waals surface area contributed by atoms with Crippen LogP contribution in [0.3, 0.4) is 0 Å². The van der Waals surface area contributed by atoms with Gasteiger partial charge in [-0.25, -0.2) is 24.9 Å². The van der Waals surface area contributed by atoms with Crippen molar-refractivity contribution in [3.05, 3.63) is 60.1 Å². The Morgan fingerprint density at radius 1 is 1.12 bits per heavy atom. The average Bonchev–Trinajstić information content (AvgIpc) is 2.82. The molecule has 11 heteroatoms. The van der Waals surface area contributed by atoms with Gasteiger partial charge in [0.15, 0.2) is 11.5 Å². The van der Waals surface area contributed by atoms with E-state index in [0.29, 0.717) is 36.4 Å². The fraction of sp³-hybridized carbons (Fsp3) is 0.364. The van der Waals surface area contributed by atoms with Gasteiger partial charge in [-0.1, -0.05) is 0 Å². The van der Waals surface area contributed by atoms with Crippen LogP contribution in [0.2, 0.25) is 0 Å². The number of carbonyl (C=O) groups is 1. The summed E-state index contributed by atoms with van der Waals surface area (Å²) in [7, 11) is 0. The highest BCUT2D eigenvalue weighted by Gasteiger charge is 2.33. The second-order valence-corrected chi connectivity index (χ2v) is 7.73. The maximum Gasteiger partial charge on any atom is 0.434 e. The number of alkyl halides is 3. The van der Waals surface area contributed by atoms with E-state index in [1.807, 2.05) is 6.92 Å². The molecule has 1 N–H and O–H groups in total. The number of likely N-dealkylation sites (tertiary alicyclic amines) is 1. The molecule has 1 aliphatic heterocycles. The average molecular weight is 457 g/mol. The van der Waals surface area contributed by atoms with Crippen molar-refractivity contribution in [1.29, 1.82) is 0 Å². The predicted molar refractivity (Wildman–Crippen MR) is 114 cm³/mol. The Morgan fingerprint density at radius 2 is 1.91 bits per heavy atom. The normalized spacial score (nSPS) is 16.5. The second-order valence-electron chi connectivity index (χ2n) is 7.73. The molecular formula is C22H22F3N7O. The molecule has 8 nitrogen and oxygen atoms in total. The molecule has 1 saturated heterocycles. The Hall–Kier alpha value is -3.63. The first-order chi connectivity index (χ1) is 15.8. The lowest BCUT2D eigenvalue weighted by molar-refractivity contribution is -0.141. The van der Waals surface area contributed by atoms with Crippen LogP contribution in [0.25, 0.3) is 11.4 Å². The lowest BCUT2D eigenvalue weighted by atomic mass is 10.0. The summed E-state index contributed by atoms with van der Waals surface area (Å²) in [5.41, 5.74) is 0.480. The number of amides is 1. The van der Waals surface area contributed by atoms with Crippen LogP contribution in [0.4, 0.5) is 19.0 Å². The molecule has 4 heterocycles. The summed E-state index contributed by atoms with van der Waals surface area (Å²) in [6.45, 7) is 2.69. The minimum Gasteiger partial charge on any atom is -0.367 e. The zero-order chi connectivity index (χ0) is 23.4. The van der Waals surface area contributed by atoms with Crippen molar-refractivity contribution in [1.82, 2.24) is 29.8 Å². The number of pyridine rings is 1. The molecule has 1 atom stereocenters. The number of aromatic nitrogens is 5. The SMILES string of the molecule is Cc1ccc(-c2ncccn2)c(C(=O)N2CCCCC2CNc2cnc(C(F)(F)F)cn2)n1. The van der Waals surface area contributed by atoms with Gasteiger partial charge in [-0.3, -0.25) is 4.79 Å². The monoisotopic (exact) mass is 457 g/mol. The molecule has 0 aliphatic carbocycles. The molecular weight excluding hydrogens is 435 g/mol. The van der Waals surface area contributed by atoms with Gasteiger partial charge in [0.25, 0.3) is 5.91 Å². The molecule has 4 rings (SSSR count). The maximum atomic E-state index is 13.5. The van der Waals surface area contributed by atoms with Gasteiger partial charge in [-0.15, -0.1) is 0 Å². The van der Waals surface area contributed by atoms with Crippen LogP contribution in [0.1, 0.15) is 41.1 Å². The molecule has 33 heavy (non-hydrogen) atoms. The first-order valence-corrected chi connectivity index (χ1v) is 10.5. The van der Waals surface area contributed by atoms with E-state index in [2.05, 4.69) is 30.2 Å². The van der Waals surface area contributed by atoms with Crippen molar-refractivity contribution in [2.75, 3.05) is 18.4 Å². The van der Waals surface area contributed by atoms with E-state index in [4.69, 9.17) is 0 Å². The first-order valence-electron chi connectivity index (χ1n) is 10.5. The Kier molecular flexibility index (Phi) is 6.47. The Balaban J connectivity index is 1.53. The Labute approximate surface area is 188 Å². The molecule has 3 aromatic rings. The van der Waals surface area contributed by atoms with Gasteiger partial charge in [0.05, 0.1) is 18.0 Å². The van der Waals surface area contributed by atoms with Crippen molar-refractivity contribution < 1.29 is 18.0 Å². The van der Waals surface area contributed by atoms with Gasteiger partial charge >= 0.3 is 6.18 Å². The number of aryl methyl sites for hydroxylation is 1. The number of nitrogens with zero attached hydrogens (tertiary/aromatic N) is 6. The minimum absolute atomic E-state index is 0.179. The number of halogens is 3. The number of piperidine rings is 1. The summed E-state index contributed by atoms with van der Waals surface area (Å²) < 4.78 is 38.1. The number of carbonyl (C=O) groups excluding carboxylic acids is 1. The summed E-state index contributed by atoms with van der Waals surface area (Å²) in [6, 6.07) is 5.12. The molecule has 172 valence electrons. The van der Waals surface area contributed by atoms with Crippen LogP contribution in [-0.2, 0) is 6.18 Å². The summed E-state index contributed by atoms with van der Waals surface area (Å²) in [5.74, 6) is 0.402. The van der Waals surface area contributed by atoms with Crippen LogP contribution in [-0.4, -0.2) is 54.9 Å². The van der Waals surface area contributed by atoms with Crippen LogP contribution >= 0.6 is 0 Å². The lowest BCUT2D eigenvalue weighted by Crippen LogP contribution is -2.47. The van der Waals surface area contributed by atoms with Gasteiger partial charge in [0.1, 0.15) is 11.5 Å². The van der Waals surface area contributed by atoms with Crippen molar-refractivity contribution in [2.45, 2.75) is 38.4 Å². The molecule has 1 amide bonds. The molecule has 1 fully saturated rings. The minimum atomic E-state index is -4.54. The van der Waals surface area contributed by atoms with Gasteiger partial charge in [-0.2, -0.15) is 13.2 Å². The summed E-state index contributed by atoms with van der Waals surface area (Å²) in [5, 5.41) is 3.01. The fourth-order valence-corrected chi connectivity index (χ4v) is 3.74. The lowest BCUT2D eigenvalue weighted by Gasteiger charge is -2.36. The number of hydrogen-bond donors (Lipinski definition) is 1. The van der Waals surface area contributed by atoms with Crippen LogP contribution in [0, 0.1) is 6.92 Å². The highest BCUT2D eigenvalue weighted by molar-refractivity contribution is 5.98. The third-order valence-corrected chi connectivity index (χ3v) is 5.39. The van der Waals surface area contributed by atoms with E-state index in [1.54, 1.807) is 35.5 Å². The molecule has 0 bridgehead atoms. The summed E-state index contributed by atoms with van der Waals surface area (Å²) >= 11 is 0. The second kappa shape index (κ2) is 9.47. The van der Waals surface area contributed by atoms with Crippen LogP contribution < -0.4 is 5.32 Å². The maximum absolute atomic E-state index is 13.5. The molecule has 0 saturated carbocycles. The highest BCUT2D eigenvalue weighted by atomic mass is 19.4. The van der Waals surface area contributed by atoms with Crippen LogP contribution in [0.5, 0.6) is 0 Å². The van der Waals surface area contributed by atoms with Crippen LogP contribution in [0.15, 0.2) is 43.0 Å². The van der Waals surface area contributed by atoms with Crippen molar-refractivity contribution in [3.8, 4) is 11.4 Å². The van der Waals surface area contributed by atoms with E-state index in [-0.39, 0.29) is 23.5 Å². The third kappa shape index (κ3) is 5.24. The van der Waals surface area contributed by atoms with Crippen molar-refractivity contribution in [3.63, 3.8) is 0 Å². The largest absolute Gasteiger partial charge is 0.434 e. The van der Waals surface area contributed by atoms with Crippen molar-refractivity contribution >= 4 is 11.7 Å². The zero-order valence-corrected chi connectivity index (χ0v) is 17.9. The van der Waals surface area contributed by atoms with Gasteiger partial charge in [0.2, 0.25) is 0 Å². The van der Waals surface area contributed by atoms with Gasteiger partial charge in [0, 0.05) is 37.2 Å². The Bertz CT molecular complexity index is 1110. The number of hydrogen-bond acceptors (Lipinski definition) is 7. The van der Waals surface area contributed by atoms with E-state index in [9.17, 15) is 18.0 Å². The van der Waals surface area contributed by atoms with Gasteiger partial charge in [-0.05, 0) is 44.4 Å². The first kappa shape index (κ1) is 22.6. The smallest absolute Gasteiger partial charge is 0.367 e. The number of anilines is 1. The highest BCUT2D eigenvalue weighted by Crippen LogP contribution is 2.27. The van der Waals surface area contributed by atoms with Crippen molar-refractivity contribution in [2.24, 2.45) is 0 Å². The quantitative estimate of drug-likeness (QED) is 0.623. The third-order valence-electron chi connectivity index (χ3n) is 5.39. The number of nitrogens with one attached hydrogen (secondary N) is 1. The molecule has 1 aliphatic rings. The molecule has 3 aromatic heterocycles. The summed E-state index contributed by atoms with van der Waals surface area (Å²) in [6.07, 6.45) is 2.94. The van der Waals surface area contributed by atoms with Gasteiger partial charge < -0.3 is 10.2 Å². The van der Waals surface area contributed by atoms with E-state index in [0.717, 1.165) is 25.5 Å².